The van der Waals surface area contributed by atoms with Gasteiger partial charge in [-0.3, -0.25) is 0 Å². The van der Waals surface area contributed by atoms with Crippen LogP contribution in [0.15, 0.2) is 0 Å². The van der Waals surface area contributed by atoms with Gasteiger partial charge in [0.05, 0.1) is 0 Å². The van der Waals surface area contributed by atoms with Gasteiger partial charge in [-0.05, 0) is 45.8 Å². The zero-order valence-electron chi connectivity index (χ0n) is 11.8. The van der Waals surface area contributed by atoms with Crippen LogP contribution in [0.4, 0.5) is 0 Å². The minimum atomic E-state index is -2.08. The molecule has 1 heterocycles. The highest BCUT2D eigenvalue weighted by Crippen LogP contribution is 2.18. The van der Waals surface area contributed by atoms with Gasteiger partial charge in [-0.1, -0.05) is 0 Å². The molecule has 0 aromatic carbocycles. The molecule has 17 heavy (non-hydrogen) atoms. The highest BCUT2D eigenvalue weighted by molar-refractivity contribution is 6.83. The van der Waals surface area contributed by atoms with Gasteiger partial charge in [-0.2, -0.15) is 0 Å². The van der Waals surface area contributed by atoms with Gasteiger partial charge in [0.15, 0.2) is 0 Å². The molecule has 2 atom stereocenters. The predicted molar refractivity (Wildman–Crippen MR) is 79.4 cm³/mol. The molecule has 5 nitrogen and oxygen atoms in total. The molecule has 0 aliphatic carbocycles. The van der Waals surface area contributed by atoms with Gasteiger partial charge in [0.25, 0.3) is 18.6 Å². The van der Waals surface area contributed by atoms with Crippen LogP contribution in [0.1, 0.15) is 0 Å². The molecule has 10 heteroatoms. The summed E-state index contributed by atoms with van der Waals surface area (Å²) in [5.74, 6) is 0. The van der Waals surface area contributed by atoms with Gasteiger partial charge in [0.2, 0.25) is 0 Å². The molecule has 0 aromatic heterocycles. The maximum Gasteiger partial charge on any atom is 0.313 e. The van der Waals surface area contributed by atoms with Crippen molar-refractivity contribution < 1.29 is 20.6 Å². The fraction of sp³-hybridized carbons (Fsp3) is 1.00. The Bertz CT molecular complexity index is 239. The highest BCUT2D eigenvalue weighted by Gasteiger charge is 2.38. The molecule has 1 rings (SSSR count). The van der Waals surface area contributed by atoms with E-state index in [1.807, 2.05) is 13.1 Å². The predicted octanol–water partition coefficient (Wildman–Crippen LogP) is 1.04. The maximum atomic E-state index is 6.01. The average Bonchev–Trinajstić information content (AvgIpc) is 1.93. The molecule has 0 amide bonds. The molecular weight excluding hydrogens is 305 g/mol. The molecule has 0 radical (unpaired) electrons. The Morgan fingerprint density at radius 1 is 0.588 bits per heavy atom. The normalized spacial score (nSPS) is 38.6. The van der Waals surface area contributed by atoms with E-state index in [4.69, 9.17) is 20.6 Å². The van der Waals surface area contributed by atoms with Gasteiger partial charge < -0.3 is 20.6 Å². The van der Waals surface area contributed by atoms with Crippen LogP contribution in [0.5, 0.6) is 0 Å². The van der Waals surface area contributed by atoms with Crippen molar-refractivity contribution in [2.45, 2.75) is 45.8 Å². The van der Waals surface area contributed by atoms with Crippen molar-refractivity contribution in [2.24, 2.45) is 0 Å². The quantitative estimate of drug-likeness (QED) is 0.622. The van der Waals surface area contributed by atoms with E-state index < -0.39 is 45.0 Å². The Balaban J connectivity index is 2.79. The number of rotatable bonds is 0. The summed E-state index contributed by atoms with van der Waals surface area (Å²) in [4.78, 5) is 0. The summed E-state index contributed by atoms with van der Waals surface area (Å²) in [5.41, 5.74) is 0. The van der Waals surface area contributed by atoms with Crippen LogP contribution in [0.3, 0.4) is 0 Å². The van der Waals surface area contributed by atoms with E-state index in [-0.39, 0.29) is 0 Å². The molecule has 0 N–H and O–H groups in total. The molecule has 2 unspecified atom stereocenters. The summed E-state index contributed by atoms with van der Waals surface area (Å²) in [7, 11) is -9.07. The van der Waals surface area contributed by atoms with E-state index in [0.29, 0.717) is 0 Å². The topological polar surface area (TPSA) is 46.2 Å². The second kappa shape index (κ2) is 5.89. The van der Waals surface area contributed by atoms with Crippen molar-refractivity contribution in [1.82, 2.24) is 0 Å². The molecule has 0 saturated carbocycles. The molecule has 102 valence electrons. The van der Waals surface area contributed by atoms with Gasteiger partial charge in [-0.15, -0.1) is 0 Å². The lowest BCUT2D eigenvalue weighted by molar-refractivity contribution is 0.272. The van der Waals surface area contributed by atoms with Crippen molar-refractivity contribution in [3.8, 4) is 0 Å². The van der Waals surface area contributed by atoms with Crippen LogP contribution in [-0.2, 0) is 20.6 Å². The molecule has 0 spiro atoms. The van der Waals surface area contributed by atoms with Crippen LogP contribution in [-0.4, -0.2) is 45.0 Å². The summed E-state index contributed by atoms with van der Waals surface area (Å²) in [6.45, 7) is 14.4. The molecule has 0 aromatic rings. The molecule has 0 bridgehead atoms. The van der Waals surface area contributed by atoms with Crippen LogP contribution >= 0.6 is 0 Å². The average molecular weight is 329 g/mol. The summed E-state index contributed by atoms with van der Waals surface area (Å²) in [6.07, 6.45) is 0. The van der Waals surface area contributed by atoms with Crippen LogP contribution in [0.25, 0.3) is 0 Å². The third-order valence-electron chi connectivity index (χ3n) is 2.18. The Labute approximate surface area is 111 Å². The number of hydrogen-bond acceptors (Lipinski definition) is 5. The van der Waals surface area contributed by atoms with Crippen molar-refractivity contribution in [2.75, 3.05) is 0 Å². The lowest BCUT2D eigenvalue weighted by atomic mass is 11.9. The smallest absolute Gasteiger partial charge is 0.313 e. The summed E-state index contributed by atoms with van der Waals surface area (Å²) in [6, 6.07) is 0. The van der Waals surface area contributed by atoms with Crippen molar-refractivity contribution >= 4 is 45.0 Å². The SMILES string of the molecule is C[SiH]1O[SiH](C)O[Si](C)(C)O[SiH](C)O[Si](C)(C)O1. The Hall–Kier alpha value is 0.884. The molecule has 1 saturated heterocycles. The highest BCUT2D eigenvalue weighted by atomic mass is 28.5. The molecule has 1 aliphatic heterocycles. The van der Waals surface area contributed by atoms with Crippen molar-refractivity contribution in [3.05, 3.63) is 0 Å². The van der Waals surface area contributed by atoms with Gasteiger partial charge in [-0.25, -0.2) is 0 Å². The van der Waals surface area contributed by atoms with Crippen LogP contribution < -0.4 is 0 Å². The minimum Gasteiger partial charge on any atom is -0.420 e. The maximum absolute atomic E-state index is 6.01. The first-order valence-corrected chi connectivity index (χ1v) is 17.9. The van der Waals surface area contributed by atoms with E-state index >= 15 is 0 Å². The second-order valence-electron chi connectivity index (χ2n) is 5.11. The van der Waals surface area contributed by atoms with E-state index in [1.165, 1.54) is 0 Å². The Morgan fingerprint density at radius 3 is 1.24 bits per heavy atom. The van der Waals surface area contributed by atoms with Gasteiger partial charge in [0, 0.05) is 0 Å². The Kier molecular flexibility index (Phi) is 5.53. The fourth-order valence-corrected chi connectivity index (χ4v) is 20.5. The summed E-state index contributed by atoms with van der Waals surface area (Å²) < 4.78 is 29.9. The monoisotopic (exact) mass is 328 g/mol. The third kappa shape index (κ3) is 6.04. The molecular formula is C7H24O5Si5. The molecule has 1 fully saturated rings. The zero-order chi connectivity index (χ0) is 13.3. The third-order valence-corrected chi connectivity index (χ3v) is 19.6. The Morgan fingerprint density at radius 2 is 0.882 bits per heavy atom. The van der Waals surface area contributed by atoms with E-state index in [1.54, 1.807) is 0 Å². The first kappa shape index (κ1) is 15.9. The van der Waals surface area contributed by atoms with E-state index in [9.17, 15) is 0 Å². The van der Waals surface area contributed by atoms with Crippen molar-refractivity contribution in [1.29, 1.82) is 0 Å². The number of hydrogen-bond donors (Lipinski definition) is 0. The first-order chi connectivity index (χ1) is 7.60. The van der Waals surface area contributed by atoms with Crippen molar-refractivity contribution in [3.63, 3.8) is 0 Å². The lowest BCUT2D eigenvalue weighted by Crippen LogP contribution is -2.54. The van der Waals surface area contributed by atoms with Gasteiger partial charge in [0.1, 0.15) is 0 Å². The summed E-state index contributed by atoms with van der Waals surface area (Å²) >= 11 is 0. The van der Waals surface area contributed by atoms with Crippen LogP contribution in [0, 0.1) is 0 Å². The first-order valence-electron chi connectivity index (χ1n) is 5.96. The zero-order valence-corrected chi connectivity index (χ0v) is 17.2. The minimum absolute atomic E-state index is 1.62. The lowest BCUT2D eigenvalue weighted by Gasteiger charge is -2.37. The summed E-state index contributed by atoms with van der Waals surface area (Å²) in [5, 5.41) is 0. The fourth-order valence-electron chi connectivity index (χ4n) is 2.00. The van der Waals surface area contributed by atoms with Crippen LogP contribution in [0.2, 0.25) is 45.8 Å². The standard InChI is InChI=1S/C7H24O5Si5/c1-13-8-14(2)10-17(6,7)12-15(3)11-16(4,5)9-13/h13-15H,1-7H3. The molecule has 1 aliphatic rings. The van der Waals surface area contributed by atoms with E-state index in [2.05, 4.69) is 32.7 Å². The van der Waals surface area contributed by atoms with E-state index in [0.717, 1.165) is 0 Å². The second-order valence-corrected chi connectivity index (χ2v) is 19.0. The largest absolute Gasteiger partial charge is 0.420 e. The van der Waals surface area contributed by atoms with Gasteiger partial charge >= 0.3 is 26.4 Å².